The number of hydrogen-bond donors (Lipinski definition) is 0. The number of Topliss-reactive ketones (excluding diaryl/α,β-unsaturated/α-hetero) is 1. The normalized spacial score (nSPS) is 10.9. The molecule has 0 aliphatic carbocycles. The molecule has 0 unspecified atom stereocenters. The Morgan fingerprint density at radius 1 is 1.00 bits per heavy atom. The standard InChI is InChI=1S/C19H19NO/c1-15(21)8-7-13-20-18-12-6-5-11-17(18)14-19(20)16-9-3-2-4-10-16/h2-6,9-12,14H,7-8,13H2,1H3. The van der Waals surface area contributed by atoms with Crippen LogP contribution in [0.15, 0.2) is 60.7 Å². The molecule has 0 radical (unpaired) electrons. The lowest BCUT2D eigenvalue weighted by atomic mass is 10.1. The highest BCUT2D eigenvalue weighted by Crippen LogP contribution is 2.28. The van der Waals surface area contributed by atoms with E-state index in [2.05, 4.69) is 59.2 Å². The van der Waals surface area contributed by atoms with E-state index >= 15 is 0 Å². The highest BCUT2D eigenvalue weighted by atomic mass is 16.1. The SMILES string of the molecule is CC(=O)CCCn1c(-c2ccccc2)cc2ccccc21. The van der Waals surface area contributed by atoms with Crippen molar-refractivity contribution in [2.75, 3.05) is 0 Å². The number of benzene rings is 2. The van der Waals surface area contributed by atoms with E-state index in [1.54, 1.807) is 6.92 Å². The van der Waals surface area contributed by atoms with Crippen LogP contribution in [-0.4, -0.2) is 10.4 Å². The van der Waals surface area contributed by atoms with Gasteiger partial charge in [0, 0.05) is 29.6 Å². The van der Waals surface area contributed by atoms with Crippen molar-refractivity contribution in [1.29, 1.82) is 0 Å². The van der Waals surface area contributed by atoms with Gasteiger partial charge in [0.05, 0.1) is 0 Å². The minimum absolute atomic E-state index is 0.257. The first-order valence-electron chi connectivity index (χ1n) is 7.39. The molecular formula is C19H19NO. The summed E-state index contributed by atoms with van der Waals surface area (Å²) in [6, 6.07) is 21.1. The van der Waals surface area contributed by atoms with Crippen molar-refractivity contribution < 1.29 is 4.79 Å². The van der Waals surface area contributed by atoms with Crippen molar-refractivity contribution in [3.63, 3.8) is 0 Å². The molecule has 21 heavy (non-hydrogen) atoms. The summed E-state index contributed by atoms with van der Waals surface area (Å²) < 4.78 is 2.33. The summed E-state index contributed by atoms with van der Waals surface area (Å²) in [4.78, 5) is 11.2. The Bertz CT molecular complexity index is 756. The lowest BCUT2D eigenvalue weighted by Crippen LogP contribution is -2.02. The van der Waals surface area contributed by atoms with E-state index in [9.17, 15) is 4.79 Å². The van der Waals surface area contributed by atoms with Gasteiger partial charge < -0.3 is 9.36 Å². The zero-order valence-electron chi connectivity index (χ0n) is 12.3. The van der Waals surface area contributed by atoms with Gasteiger partial charge in [0.2, 0.25) is 0 Å². The predicted molar refractivity (Wildman–Crippen MR) is 87.3 cm³/mol. The fourth-order valence-corrected chi connectivity index (χ4v) is 2.79. The van der Waals surface area contributed by atoms with Crippen molar-refractivity contribution in [2.45, 2.75) is 26.3 Å². The molecule has 3 aromatic rings. The van der Waals surface area contributed by atoms with Gasteiger partial charge >= 0.3 is 0 Å². The second kappa shape index (κ2) is 5.96. The molecule has 2 aromatic carbocycles. The summed E-state index contributed by atoms with van der Waals surface area (Å²) >= 11 is 0. The molecule has 0 spiro atoms. The fraction of sp³-hybridized carbons (Fsp3) is 0.211. The van der Waals surface area contributed by atoms with E-state index in [0.29, 0.717) is 6.42 Å². The number of carbonyl (C=O) groups is 1. The monoisotopic (exact) mass is 277 g/mol. The van der Waals surface area contributed by atoms with Crippen molar-refractivity contribution in [1.82, 2.24) is 4.57 Å². The topological polar surface area (TPSA) is 22.0 Å². The van der Waals surface area contributed by atoms with Gasteiger partial charge in [-0.15, -0.1) is 0 Å². The van der Waals surface area contributed by atoms with Gasteiger partial charge in [-0.05, 0) is 31.0 Å². The molecule has 0 amide bonds. The Morgan fingerprint density at radius 3 is 2.48 bits per heavy atom. The molecule has 0 atom stereocenters. The first kappa shape index (κ1) is 13.6. The minimum atomic E-state index is 0.257. The van der Waals surface area contributed by atoms with Crippen molar-refractivity contribution in [3.8, 4) is 11.3 Å². The molecule has 0 N–H and O–H groups in total. The summed E-state index contributed by atoms with van der Waals surface area (Å²) in [5, 5.41) is 1.25. The average Bonchev–Trinajstić information content (AvgIpc) is 2.87. The predicted octanol–water partition coefficient (Wildman–Crippen LogP) is 4.68. The number of hydrogen-bond acceptors (Lipinski definition) is 1. The van der Waals surface area contributed by atoms with Crippen LogP contribution in [0.5, 0.6) is 0 Å². The van der Waals surface area contributed by atoms with Crippen LogP contribution in [0.2, 0.25) is 0 Å². The van der Waals surface area contributed by atoms with Gasteiger partial charge in [-0.25, -0.2) is 0 Å². The van der Waals surface area contributed by atoms with Gasteiger partial charge in [-0.3, -0.25) is 0 Å². The van der Waals surface area contributed by atoms with E-state index in [0.717, 1.165) is 13.0 Å². The third-order valence-corrected chi connectivity index (χ3v) is 3.79. The first-order chi connectivity index (χ1) is 10.3. The molecule has 1 aromatic heterocycles. The molecule has 2 heteroatoms. The maximum Gasteiger partial charge on any atom is 0.129 e. The third kappa shape index (κ3) is 2.89. The molecule has 0 fully saturated rings. The van der Waals surface area contributed by atoms with Gasteiger partial charge in [0.25, 0.3) is 0 Å². The third-order valence-electron chi connectivity index (χ3n) is 3.79. The Balaban J connectivity index is 2.04. The first-order valence-corrected chi connectivity index (χ1v) is 7.39. The van der Waals surface area contributed by atoms with Gasteiger partial charge in [0.15, 0.2) is 0 Å². The van der Waals surface area contributed by atoms with Crippen LogP contribution in [0.1, 0.15) is 19.8 Å². The van der Waals surface area contributed by atoms with E-state index in [1.165, 1.54) is 22.2 Å². The van der Waals surface area contributed by atoms with Crippen LogP contribution in [-0.2, 0) is 11.3 Å². The molecule has 1 heterocycles. The zero-order valence-corrected chi connectivity index (χ0v) is 12.3. The number of rotatable bonds is 5. The number of para-hydroxylation sites is 1. The summed E-state index contributed by atoms with van der Waals surface area (Å²) in [5.74, 6) is 0.257. The largest absolute Gasteiger partial charge is 0.340 e. The molecule has 0 saturated carbocycles. The van der Waals surface area contributed by atoms with Crippen LogP contribution in [0.25, 0.3) is 22.2 Å². The van der Waals surface area contributed by atoms with Crippen LogP contribution < -0.4 is 0 Å². The molecule has 2 nitrogen and oxygen atoms in total. The molecular weight excluding hydrogens is 258 g/mol. The number of aromatic nitrogens is 1. The van der Waals surface area contributed by atoms with Crippen LogP contribution in [0.4, 0.5) is 0 Å². The van der Waals surface area contributed by atoms with Crippen LogP contribution in [0.3, 0.4) is 0 Å². The molecule has 0 aliphatic heterocycles. The number of nitrogens with zero attached hydrogens (tertiary/aromatic N) is 1. The van der Waals surface area contributed by atoms with E-state index in [-0.39, 0.29) is 5.78 Å². The second-order valence-electron chi connectivity index (χ2n) is 5.41. The van der Waals surface area contributed by atoms with E-state index in [1.807, 2.05) is 6.07 Å². The quantitative estimate of drug-likeness (QED) is 0.664. The van der Waals surface area contributed by atoms with Crippen LogP contribution in [0, 0.1) is 0 Å². The van der Waals surface area contributed by atoms with Gasteiger partial charge in [-0.1, -0.05) is 48.5 Å². The minimum Gasteiger partial charge on any atom is -0.340 e. The fourth-order valence-electron chi connectivity index (χ4n) is 2.79. The highest BCUT2D eigenvalue weighted by Gasteiger charge is 2.10. The maximum atomic E-state index is 11.2. The average molecular weight is 277 g/mol. The molecule has 106 valence electrons. The van der Waals surface area contributed by atoms with Gasteiger partial charge in [0.1, 0.15) is 5.78 Å². The number of aryl methyl sites for hydroxylation is 1. The number of carbonyl (C=O) groups excluding carboxylic acids is 1. The summed E-state index contributed by atoms with van der Waals surface area (Å²) in [6.07, 6.45) is 1.52. The Labute approximate surface area is 125 Å². The Kier molecular flexibility index (Phi) is 3.87. The van der Waals surface area contributed by atoms with Gasteiger partial charge in [-0.2, -0.15) is 0 Å². The molecule has 0 aliphatic rings. The lowest BCUT2D eigenvalue weighted by molar-refractivity contribution is -0.117. The Hall–Kier alpha value is -2.35. The zero-order chi connectivity index (χ0) is 14.7. The van der Waals surface area contributed by atoms with E-state index in [4.69, 9.17) is 0 Å². The number of fused-ring (bicyclic) bond motifs is 1. The smallest absolute Gasteiger partial charge is 0.129 e. The molecule has 0 bridgehead atoms. The number of ketones is 1. The summed E-state index contributed by atoms with van der Waals surface area (Å²) in [5.41, 5.74) is 3.68. The van der Waals surface area contributed by atoms with Crippen molar-refractivity contribution in [3.05, 3.63) is 60.7 Å². The summed E-state index contributed by atoms with van der Waals surface area (Å²) in [6.45, 7) is 2.53. The molecule has 0 saturated heterocycles. The molecule has 3 rings (SSSR count). The second-order valence-corrected chi connectivity index (χ2v) is 5.41. The van der Waals surface area contributed by atoms with Crippen LogP contribution >= 0.6 is 0 Å². The van der Waals surface area contributed by atoms with E-state index < -0.39 is 0 Å². The van der Waals surface area contributed by atoms with Crippen molar-refractivity contribution in [2.24, 2.45) is 0 Å². The maximum absolute atomic E-state index is 11.2. The summed E-state index contributed by atoms with van der Waals surface area (Å²) in [7, 11) is 0. The lowest BCUT2D eigenvalue weighted by Gasteiger charge is -2.10. The highest BCUT2D eigenvalue weighted by molar-refractivity contribution is 5.87. The Morgan fingerprint density at radius 2 is 1.71 bits per heavy atom. The van der Waals surface area contributed by atoms with Crippen molar-refractivity contribution >= 4 is 16.7 Å².